The first-order chi connectivity index (χ1) is 14.8. The van der Waals surface area contributed by atoms with E-state index >= 15 is 0 Å². The van der Waals surface area contributed by atoms with Crippen molar-refractivity contribution in [3.8, 4) is 17.2 Å². The largest absolute Gasteiger partial charge is 0.490 e. The highest BCUT2D eigenvalue weighted by Gasteiger charge is 2.22. The zero-order valence-electron chi connectivity index (χ0n) is 19.0. The van der Waals surface area contributed by atoms with E-state index in [1.807, 2.05) is 37.3 Å². The number of halogens is 1. The topological polar surface area (TPSA) is 56.8 Å². The second kappa shape index (κ2) is 10.3. The quantitative estimate of drug-likeness (QED) is 0.582. The Hall–Kier alpha value is -2.40. The maximum atomic E-state index is 12.8. The molecule has 0 aromatic heterocycles. The highest BCUT2D eigenvalue weighted by molar-refractivity contribution is 6.31. The number of aryl methyl sites for hydroxylation is 1. The van der Waals surface area contributed by atoms with E-state index in [1.165, 1.54) is 0 Å². The SMILES string of the molecule is Cc1cc(OCC(=O)NC(c2ccc3c(c2)OCCCO3)C(C)C)c(C(C)C)cc1Cl. The second-order valence-corrected chi connectivity index (χ2v) is 9.04. The van der Waals surface area contributed by atoms with Crippen molar-refractivity contribution in [2.75, 3.05) is 19.8 Å². The molecule has 0 fully saturated rings. The van der Waals surface area contributed by atoms with Crippen LogP contribution in [0.3, 0.4) is 0 Å². The minimum Gasteiger partial charge on any atom is -0.490 e. The van der Waals surface area contributed by atoms with E-state index in [9.17, 15) is 4.79 Å². The predicted octanol–water partition coefficient (Wildman–Crippen LogP) is 5.83. The monoisotopic (exact) mass is 445 g/mol. The standard InChI is InChI=1S/C25H32ClNO4/c1-15(2)19-13-20(26)17(5)11-22(19)31-14-24(28)27-25(16(3)4)18-7-8-21-23(12-18)30-10-6-9-29-21/h7-8,11-13,15-16,25H,6,9-10,14H2,1-5H3,(H,27,28). The zero-order valence-corrected chi connectivity index (χ0v) is 19.7. The number of nitrogens with one attached hydrogen (secondary N) is 1. The summed E-state index contributed by atoms with van der Waals surface area (Å²) in [6.45, 7) is 11.5. The van der Waals surface area contributed by atoms with Gasteiger partial charge in [-0.05, 0) is 59.7 Å². The van der Waals surface area contributed by atoms with Crippen LogP contribution in [0.4, 0.5) is 0 Å². The molecule has 3 rings (SSSR count). The Morgan fingerprint density at radius 2 is 1.81 bits per heavy atom. The first-order valence-electron chi connectivity index (χ1n) is 10.9. The molecule has 168 valence electrons. The number of benzene rings is 2. The molecule has 0 spiro atoms. The van der Waals surface area contributed by atoms with E-state index < -0.39 is 0 Å². The van der Waals surface area contributed by atoms with Crippen LogP contribution in [0.25, 0.3) is 0 Å². The van der Waals surface area contributed by atoms with E-state index in [1.54, 1.807) is 0 Å². The van der Waals surface area contributed by atoms with Crippen molar-refractivity contribution in [1.82, 2.24) is 5.32 Å². The van der Waals surface area contributed by atoms with E-state index in [-0.39, 0.29) is 30.4 Å². The number of hydrogen-bond acceptors (Lipinski definition) is 4. The highest BCUT2D eigenvalue weighted by atomic mass is 35.5. The minimum absolute atomic E-state index is 0.0609. The molecule has 2 aromatic carbocycles. The van der Waals surface area contributed by atoms with E-state index in [0.29, 0.717) is 24.0 Å². The van der Waals surface area contributed by atoms with Gasteiger partial charge >= 0.3 is 0 Å². The molecule has 0 bridgehead atoms. The molecule has 1 aliphatic heterocycles. The van der Waals surface area contributed by atoms with Gasteiger partial charge in [0.25, 0.3) is 5.91 Å². The van der Waals surface area contributed by atoms with Crippen LogP contribution in [0.1, 0.15) is 62.8 Å². The van der Waals surface area contributed by atoms with Gasteiger partial charge in [-0.3, -0.25) is 4.79 Å². The van der Waals surface area contributed by atoms with Gasteiger partial charge in [0.1, 0.15) is 5.75 Å². The summed E-state index contributed by atoms with van der Waals surface area (Å²) in [5.41, 5.74) is 2.90. The summed E-state index contributed by atoms with van der Waals surface area (Å²) in [6.07, 6.45) is 0.855. The van der Waals surface area contributed by atoms with Crippen LogP contribution in [-0.4, -0.2) is 25.7 Å². The number of fused-ring (bicyclic) bond motifs is 1. The molecular formula is C25H32ClNO4. The molecule has 1 unspecified atom stereocenters. The van der Waals surface area contributed by atoms with Gasteiger partial charge in [0.15, 0.2) is 18.1 Å². The second-order valence-electron chi connectivity index (χ2n) is 8.63. The third-order valence-corrected chi connectivity index (χ3v) is 5.79. The highest BCUT2D eigenvalue weighted by Crippen LogP contribution is 2.34. The van der Waals surface area contributed by atoms with Gasteiger partial charge < -0.3 is 19.5 Å². The van der Waals surface area contributed by atoms with Crippen LogP contribution >= 0.6 is 11.6 Å². The molecule has 1 amide bonds. The minimum atomic E-state index is -0.173. The Bertz CT molecular complexity index is 926. The van der Waals surface area contributed by atoms with Gasteiger partial charge in [-0.15, -0.1) is 0 Å². The van der Waals surface area contributed by atoms with Crippen molar-refractivity contribution in [2.24, 2.45) is 5.92 Å². The average Bonchev–Trinajstić information content (AvgIpc) is 2.97. The fraction of sp³-hybridized carbons (Fsp3) is 0.480. The molecule has 6 heteroatoms. The van der Waals surface area contributed by atoms with Crippen LogP contribution in [0.5, 0.6) is 17.2 Å². The van der Waals surface area contributed by atoms with Crippen molar-refractivity contribution in [3.05, 3.63) is 52.0 Å². The van der Waals surface area contributed by atoms with Gasteiger partial charge in [0.2, 0.25) is 0 Å². The Balaban J connectivity index is 1.71. The Morgan fingerprint density at radius 3 is 2.48 bits per heavy atom. The first kappa shape index (κ1) is 23.3. The maximum Gasteiger partial charge on any atom is 0.258 e. The summed E-state index contributed by atoms with van der Waals surface area (Å²) < 4.78 is 17.4. The molecule has 0 saturated carbocycles. The third-order valence-electron chi connectivity index (χ3n) is 5.39. The van der Waals surface area contributed by atoms with Crippen LogP contribution in [0.2, 0.25) is 5.02 Å². The fourth-order valence-corrected chi connectivity index (χ4v) is 3.79. The van der Waals surface area contributed by atoms with Gasteiger partial charge in [0.05, 0.1) is 19.3 Å². The zero-order chi connectivity index (χ0) is 22.5. The molecule has 1 heterocycles. The lowest BCUT2D eigenvalue weighted by molar-refractivity contribution is -0.124. The van der Waals surface area contributed by atoms with E-state index in [2.05, 4.69) is 33.0 Å². The molecule has 1 aliphatic rings. The molecule has 1 atom stereocenters. The number of ether oxygens (including phenoxy) is 3. The molecule has 0 aliphatic carbocycles. The number of carbonyl (C=O) groups is 1. The van der Waals surface area contributed by atoms with E-state index in [4.69, 9.17) is 25.8 Å². The average molecular weight is 446 g/mol. The molecule has 0 radical (unpaired) electrons. The van der Waals surface area contributed by atoms with Crippen molar-refractivity contribution in [3.63, 3.8) is 0 Å². The normalized spacial score (nSPS) is 14.3. The number of hydrogen-bond donors (Lipinski definition) is 1. The lowest BCUT2D eigenvalue weighted by Crippen LogP contribution is -2.35. The van der Waals surface area contributed by atoms with Crippen LogP contribution in [-0.2, 0) is 4.79 Å². The summed E-state index contributed by atoms with van der Waals surface area (Å²) in [5.74, 6) is 2.43. The summed E-state index contributed by atoms with van der Waals surface area (Å²) in [6, 6.07) is 9.52. The van der Waals surface area contributed by atoms with Crippen molar-refractivity contribution in [1.29, 1.82) is 0 Å². The third kappa shape index (κ3) is 5.85. The fourth-order valence-electron chi connectivity index (χ4n) is 3.61. The van der Waals surface area contributed by atoms with Gasteiger partial charge in [0, 0.05) is 11.4 Å². The van der Waals surface area contributed by atoms with Gasteiger partial charge in [-0.25, -0.2) is 0 Å². The lowest BCUT2D eigenvalue weighted by Gasteiger charge is -2.24. The van der Waals surface area contributed by atoms with Crippen molar-refractivity contribution < 1.29 is 19.0 Å². The molecular weight excluding hydrogens is 414 g/mol. The predicted molar refractivity (Wildman–Crippen MR) is 124 cm³/mol. The summed E-state index contributed by atoms with van der Waals surface area (Å²) >= 11 is 6.27. The molecule has 0 saturated heterocycles. The Kier molecular flexibility index (Phi) is 7.71. The molecule has 31 heavy (non-hydrogen) atoms. The first-order valence-corrected chi connectivity index (χ1v) is 11.3. The van der Waals surface area contributed by atoms with Crippen molar-refractivity contribution >= 4 is 17.5 Å². The van der Waals surface area contributed by atoms with Gasteiger partial charge in [-0.2, -0.15) is 0 Å². The molecule has 5 nitrogen and oxygen atoms in total. The smallest absolute Gasteiger partial charge is 0.258 e. The summed E-state index contributed by atoms with van der Waals surface area (Å²) in [7, 11) is 0. The van der Waals surface area contributed by atoms with Crippen molar-refractivity contribution in [2.45, 2.75) is 53.0 Å². The molecule has 1 N–H and O–H groups in total. The number of rotatable bonds is 7. The van der Waals surface area contributed by atoms with Crippen LogP contribution in [0, 0.1) is 12.8 Å². The van der Waals surface area contributed by atoms with E-state index in [0.717, 1.165) is 34.6 Å². The summed E-state index contributed by atoms with van der Waals surface area (Å²) in [4.78, 5) is 12.8. The lowest BCUT2D eigenvalue weighted by atomic mass is 9.95. The van der Waals surface area contributed by atoms with Crippen LogP contribution < -0.4 is 19.5 Å². The Morgan fingerprint density at radius 1 is 1.10 bits per heavy atom. The van der Waals surface area contributed by atoms with Crippen LogP contribution in [0.15, 0.2) is 30.3 Å². The Labute approximate surface area is 190 Å². The maximum absolute atomic E-state index is 12.8. The van der Waals surface area contributed by atoms with Gasteiger partial charge in [-0.1, -0.05) is 45.4 Å². The number of carbonyl (C=O) groups excluding carboxylic acids is 1. The summed E-state index contributed by atoms with van der Waals surface area (Å²) in [5, 5.41) is 3.82. The molecule has 2 aromatic rings. The number of amides is 1.